The van der Waals surface area contributed by atoms with Crippen LogP contribution in [0, 0.1) is 0 Å². The molecular weight excluding hydrogens is 452 g/mol. The first kappa shape index (κ1) is 22.3. The standard InChI is InChI=1S/C21H24N4O5S2/c1-32(27,28)25-10-8-24(9-11-25)17-5-3-16(4-6-17)22-21(31)23-20(26)15-2-7-18-19(14-15)30-13-12-29-18/h2-7,14H,8-13H2,1H3,(H2,22,23,26,31). The van der Waals surface area contributed by atoms with Gasteiger partial charge in [-0.25, -0.2) is 8.42 Å². The zero-order chi connectivity index (χ0) is 22.7. The Hall–Kier alpha value is -2.89. The van der Waals surface area contributed by atoms with Crippen LogP contribution in [0.3, 0.4) is 0 Å². The number of hydrogen-bond donors (Lipinski definition) is 2. The molecule has 0 radical (unpaired) electrons. The number of carbonyl (C=O) groups excluding carboxylic acids is 1. The molecule has 0 bridgehead atoms. The van der Waals surface area contributed by atoms with Gasteiger partial charge in [0, 0.05) is 43.1 Å². The Balaban J connectivity index is 1.31. The smallest absolute Gasteiger partial charge is 0.257 e. The van der Waals surface area contributed by atoms with Crippen molar-refractivity contribution in [3.05, 3.63) is 48.0 Å². The summed E-state index contributed by atoms with van der Waals surface area (Å²) in [5.41, 5.74) is 2.15. The number of hydrogen-bond acceptors (Lipinski definition) is 7. The highest BCUT2D eigenvalue weighted by Gasteiger charge is 2.23. The Morgan fingerprint density at radius 3 is 2.28 bits per heavy atom. The molecule has 2 aliphatic heterocycles. The summed E-state index contributed by atoms with van der Waals surface area (Å²) in [5, 5.41) is 5.84. The van der Waals surface area contributed by atoms with E-state index in [2.05, 4.69) is 15.5 Å². The second kappa shape index (κ2) is 9.31. The van der Waals surface area contributed by atoms with Crippen molar-refractivity contribution in [2.45, 2.75) is 0 Å². The summed E-state index contributed by atoms with van der Waals surface area (Å²) < 4.78 is 35.8. The van der Waals surface area contributed by atoms with Gasteiger partial charge in [-0.05, 0) is 54.7 Å². The topological polar surface area (TPSA) is 100 Å². The number of anilines is 2. The predicted molar refractivity (Wildman–Crippen MR) is 126 cm³/mol. The van der Waals surface area contributed by atoms with Crippen LogP contribution in [-0.4, -0.2) is 69.4 Å². The van der Waals surface area contributed by atoms with Crippen LogP contribution in [-0.2, 0) is 10.0 Å². The minimum absolute atomic E-state index is 0.180. The highest BCUT2D eigenvalue weighted by atomic mass is 32.2. The average molecular weight is 477 g/mol. The number of piperazine rings is 1. The number of carbonyl (C=O) groups is 1. The molecule has 9 nitrogen and oxygen atoms in total. The van der Waals surface area contributed by atoms with Gasteiger partial charge in [-0.2, -0.15) is 4.31 Å². The quantitative estimate of drug-likeness (QED) is 0.643. The molecular formula is C21H24N4O5S2. The lowest BCUT2D eigenvalue weighted by molar-refractivity contribution is 0.0976. The Morgan fingerprint density at radius 2 is 1.62 bits per heavy atom. The molecule has 2 heterocycles. The van der Waals surface area contributed by atoms with Crippen LogP contribution in [0.1, 0.15) is 10.4 Å². The van der Waals surface area contributed by atoms with Gasteiger partial charge in [-0.3, -0.25) is 10.1 Å². The van der Waals surface area contributed by atoms with Gasteiger partial charge >= 0.3 is 0 Å². The maximum Gasteiger partial charge on any atom is 0.257 e. The van der Waals surface area contributed by atoms with Crippen molar-refractivity contribution in [3.63, 3.8) is 0 Å². The second-order valence-electron chi connectivity index (χ2n) is 7.46. The van der Waals surface area contributed by atoms with E-state index in [4.69, 9.17) is 21.7 Å². The van der Waals surface area contributed by atoms with Crippen molar-refractivity contribution in [1.82, 2.24) is 9.62 Å². The molecule has 2 aliphatic rings. The number of benzene rings is 2. The largest absolute Gasteiger partial charge is 0.486 e. The molecule has 2 N–H and O–H groups in total. The molecule has 0 saturated carbocycles. The number of thiocarbonyl (C=S) groups is 1. The molecule has 0 atom stereocenters. The fourth-order valence-corrected chi connectivity index (χ4v) is 4.59. The average Bonchev–Trinajstić information content (AvgIpc) is 2.78. The van der Waals surface area contributed by atoms with Crippen molar-refractivity contribution in [2.75, 3.05) is 55.9 Å². The number of nitrogens with one attached hydrogen (secondary N) is 2. The van der Waals surface area contributed by atoms with Gasteiger partial charge < -0.3 is 19.7 Å². The molecule has 2 aromatic rings. The van der Waals surface area contributed by atoms with Crippen molar-refractivity contribution in [2.24, 2.45) is 0 Å². The molecule has 0 aromatic heterocycles. The number of amides is 1. The Labute approximate surface area is 192 Å². The van der Waals surface area contributed by atoms with Crippen LogP contribution in [0.4, 0.5) is 11.4 Å². The van der Waals surface area contributed by atoms with Gasteiger partial charge in [-0.1, -0.05) is 0 Å². The number of nitrogens with zero attached hydrogens (tertiary/aromatic N) is 2. The molecule has 170 valence electrons. The van der Waals surface area contributed by atoms with Gasteiger partial charge in [-0.15, -0.1) is 0 Å². The van der Waals surface area contributed by atoms with Gasteiger partial charge in [0.25, 0.3) is 5.91 Å². The zero-order valence-corrected chi connectivity index (χ0v) is 19.2. The van der Waals surface area contributed by atoms with Crippen LogP contribution < -0.4 is 25.0 Å². The third kappa shape index (κ3) is 5.29. The lowest BCUT2D eigenvalue weighted by Gasteiger charge is -2.34. The Morgan fingerprint density at radius 1 is 0.969 bits per heavy atom. The van der Waals surface area contributed by atoms with E-state index in [9.17, 15) is 13.2 Å². The van der Waals surface area contributed by atoms with E-state index in [1.54, 1.807) is 18.2 Å². The maximum absolute atomic E-state index is 12.5. The summed E-state index contributed by atoms with van der Waals surface area (Å²) in [6, 6.07) is 12.6. The van der Waals surface area contributed by atoms with E-state index < -0.39 is 10.0 Å². The number of sulfonamides is 1. The summed E-state index contributed by atoms with van der Waals surface area (Å²) in [4.78, 5) is 14.6. The summed E-state index contributed by atoms with van der Waals surface area (Å²) in [6.45, 7) is 3.13. The molecule has 2 aromatic carbocycles. The SMILES string of the molecule is CS(=O)(=O)N1CCN(c2ccc(NC(=S)NC(=O)c3ccc4c(c3)OCCO4)cc2)CC1. The molecule has 1 fully saturated rings. The van der Waals surface area contributed by atoms with Gasteiger partial charge in [0.1, 0.15) is 13.2 Å². The molecule has 0 spiro atoms. The predicted octanol–water partition coefficient (Wildman–Crippen LogP) is 1.67. The monoisotopic (exact) mass is 476 g/mol. The van der Waals surface area contributed by atoms with E-state index in [1.165, 1.54) is 10.6 Å². The fourth-order valence-electron chi connectivity index (χ4n) is 3.56. The Kier molecular flexibility index (Phi) is 6.49. The fraction of sp³-hybridized carbons (Fsp3) is 0.333. The molecule has 11 heteroatoms. The van der Waals surface area contributed by atoms with E-state index in [1.807, 2.05) is 24.3 Å². The first-order valence-electron chi connectivity index (χ1n) is 10.1. The summed E-state index contributed by atoms with van der Waals surface area (Å²) in [5.74, 6) is 0.807. The van der Waals surface area contributed by atoms with Crippen LogP contribution in [0.5, 0.6) is 11.5 Å². The lowest BCUT2D eigenvalue weighted by Crippen LogP contribution is -2.48. The lowest BCUT2D eigenvalue weighted by atomic mass is 10.2. The minimum Gasteiger partial charge on any atom is -0.486 e. The van der Waals surface area contributed by atoms with E-state index in [-0.39, 0.29) is 11.0 Å². The van der Waals surface area contributed by atoms with Gasteiger partial charge in [0.15, 0.2) is 16.6 Å². The summed E-state index contributed by atoms with van der Waals surface area (Å²) in [6.07, 6.45) is 1.23. The van der Waals surface area contributed by atoms with Crippen LogP contribution in [0.15, 0.2) is 42.5 Å². The maximum atomic E-state index is 12.5. The third-order valence-corrected chi connectivity index (χ3v) is 6.74. The van der Waals surface area contributed by atoms with Crippen LogP contribution in [0.25, 0.3) is 0 Å². The minimum atomic E-state index is -3.15. The first-order valence-corrected chi connectivity index (χ1v) is 12.4. The second-order valence-corrected chi connectivity index (χ2v) is 9.85. The van der Waals surface area contributed by atoms with Crippen molar-refractivity contribution in [1.29, 1.82) is 0 Å². The molecule has 32 heavy (non-hydrogen) atoms. The molecule has 0 aliphatic carbocycles. The number of fused-ring (bicyclic) bond motifs is 1. The highest BCUT2D eigenvalue weighted by Crippen LogP contribution is 2.30. The molecule has 1 amide bonds. The van der Waals surface area contributed by atoms with Crippen molar-refractivity contribution >= 4 is 44.6 Å². The van der Waals surface area contributed by atoms with Crippen molar-refractivity contribution < 1.29 is 22.7 Å². The normalized spacial score (nSPS) is 16.3. The molecule has 0 unspecified atom stereocenters. The van der Waals surface area contributed by atoms with Crippen LogP contribution in [0.2, 0.25) is 0 Å². The Bertz CT molecular complexity index is 1110. The summed E-state index contributed by atoms with van der Waals surface area (Å²) >= 11 is 5.27. The third-order valence-electron chi connectivity index (χ3n) is 5.23. The molecule has 1 saturated heterocycles. The zero-order valence-electron chi connectivity index (χ0n) is 17.5. The van der Waals surface area contributed by atoms with E-state index in [0.29, 0.717) is 56.5 Å². The summed E-state index contributed by atoms with van der Waals surface area (Å²) in [7, 11) is -3.15. The van der Waals surface area contributed by atoms with Gasteiger partial charge in [0.2, 0.25) is 10.0 Å². The van der Waals surface area contributed by atoms with Crippen molar-refractivity contribution in [3.8, 4) is 11.5 Å². The van der Waals surface area contributed by atoms with Crippen LogP contribution >= 0.6 is 12.2 Å². The number of ether oxygens (including phenoxy) is 2. The van der Waals surface area contributed by atoms with E-state index >= 15 is 0 Å². The van der Waals surface area contributed by atoms with Gasteiger partial charge in [0.05, 0.1) is 6.26 Å². The molecule has 4 rings (SSSR count). The first-order chi connectivity index (χ1) is 15.3. The number of rotatable bonds is 4. The highest BCUT2D eigenvalue weighted by molar-refractivity contribution is 7.88. The van der Waals surface area contributed by atoms with E-state index in [0.717, 1.165) is 11.4 Å².